The molecular weight excluding hydrogens is 1430 g/mol. The van der Waals surface area contributed by atoms with Gasteiger partial charge in [0.25, 0.3) is 0 Å². The maximum atomic E-state index is 16.0. The highest BCUT2D eigenvalue weighted by atomic mass is 32.1. The zero-order chi connectivity index (χ0) is 80.8. The average Bonchev–Trinajstić information content (AvgIpc) is 1.20. The van der Waals surface area contributed by atoms with Gasteiger partial charge in [-0.2, -0.15) is 0 Å². The van der Waals surface area contributed by atoms with Crippen LogP contribution in [0.4, 0.5) is 4.79 Å². The highest BCUT2D eigenvalue weighted by Gasteiger charge is 2.45. The number of hydrogen-bond acceptors (Lipinski definition) is 15. The van der Waals surface area contributed by atoms with Crippen LogP contribution in [-0.4, -0.2) is 154 Å². The second kappa shape index (κ2) is 39.5. The first-order valence-electron chi connectivity index (χ1n) is 39.2. The summed E-state index contributed by atoms with van der Waals surface area (Å²) < 4.78 is 17.9. The number of nitrogens with two attached hydrogens (primary N) is 1. The van der Waals surface area contributed by atoms with Crippen LogP contribution in [0.1, 0.15) is 207 Å². The molecule has 602 valence electrons. The third kappa shape index (κ3) is 25.7. The molecule has 1 spiro atoms. The molecule has 25 nitrogen and oxygen atoms in total. The number of primary amides is 1. The number of likely N-dealkylation sites (tertiary alicyclic amines) is 1. The molecule has 0 radical (unpaired) electrons. The van der Waals surface area contributed by atoms with Gasteiger partial charge in [0, 0.05) is 37.2 Å². The number of rotatable bonds is 25. The highest BCUT2D eigenvalue weighted by molar-refractivity contribution is 7.09. The Hall–Kier alpha value is -9.69. The number of alkyl carbamates (subject to hydrolysis) is 1. The number of hydrogen-bond donors (Lipinski definition) is 10. The van der Waals surface area contributed by atoms with Gasteiger partial charge in [-0.05, 0) is 178 Å². The molecular formula is C85H117N11O14S. The molecule has 3 aliphatic rings. The molecule has 8 rings (SSSR count). The molecule has 2 aliphatic heterocycles. The van der Waals surface area contributed by atoms with Crippen molar-refractivity contribution in [2.24, 2.45) is 17.1 Å². The Kier molecular flexibility index (Phi) is 30.9. The summed E-state index contributed by atoms with van der Waals surface area (Å²) in [6.45, 7) is 21.4. The van der Waals surface area contributed by atoms with Crippen molar-refractivity contribution in [2.75, 3.05) is 13.1 Å². The van der Waals surface area contributed by atoms with E-state index in [9.17, 15) is 24.0 Å². The largest absolute Gasteiger partial charge is 0.488 e. The predicted molar refractivity (Wildman–Crippen MR) is 425 cm³/mol. The molecule has 1 saturated carbocycles. The Labute approximate surface area is 657 Å². The lowest BCUT2D eigenvalue weighted by atomic mass is 9.68. The summed E-state index contributed by atoms with van der Waals surface area (Å²) in [6, 6.07) is 27.4. The number of thiophene rings is 1. The minimum absolute atomic E-state index is 0.00895. The molecule has 2 saturated heterocycles. The van der Waals surface area contributed by atoms with Crippen LogP contribution in [0.15, 0.2) is 133 Å². The fourth-order valence-electron chi connectivity index (χ4n) is 15.0. The fraction of sp³-hybridized carbons (Fsp3) is 0.541. The molecule has 5 aromatic rings. The van der Waals surface area contributed by atoms with E-state index in [1.54, 1.807) is 79.7 Å². The van der Waals surface area contributed by atoms with Crippen LogP contribution in [0.5, 0.6) is 5.75 Å². The van der Waals surface area contributed by atoms with Gasteiger partial charge in [-0.15, -0.1) is 11.3 Å². The monoisotopic (exact) mass is 1550 g/mol. The Morgan fingerprint density at radius 1 is 0.622 bits per heavy atom. The smallest absolute Gasteiger partial charge is 0.407 e. The molecule has 11 N–H and O–H groups in total. The van der Waals surface area contributed by atoms with Crippen LogP contribution in [0.25, 0.3) is 0 Å². The van der Waals surface area contributed by atoms with E-state index in [4.69, 9.17) is 19.9 Å². The summed E-state index contributed by atoms with van der Waals surface area (Å²) in [5.41, 5.74) is 4.29. The van der Waals surface area contributed by atoms with Gasteiger partial charge in [0.15, 0.2) is 0 Å². The molecule has 1 aliphatic carbocycles. The average molecular weight is 1550 g/mol. The topological polar surface area (TPSA) is 353 Å². The minimum Gasteiger partial charge on any atom is -0.488 e. The zero-order valence-electron chi connectivity index (χ0n) is 66.6. The van der Waals surface area contributed by atoms with E-state index in [1.807, 2.05) is 136 Å². The summed E-state index contributed by atoms with van der Waals surface area (Å²) in [5.74, 6) is -7.46. The van der Waals surface area contributed by atoms with E-state index in [-0.39, 0.29) is 64.5 Å². The van der Waals surface area contributed by atoms with Crippen LogP contribution in [-0.2, 0) is 75.8 Å². The normalized spacial score (nSPS) is 21.1. The van der Waals surface area contributed by atoms with Gasteiger partial charge in [0.05, 0.1) is 18.1 Å². The lowest BCUT2D eigenvalue weighted by Gasteiger charge is -2.38. The SMILES string of the molecule is CC[C@@H](C)[C@@H]1NC(=O)[C@@H](Cc2cccs2)NC(=O)CC2(CCCCC2)CCC[C@@H](C(=O)N2CCC[C@H]2C(=O)N[C@@H](CCCNC(=O)OC(C)(C)C)C(=O)N[C@@H](Cc2ccc(OC(C)(C)C)cc2)C(N)=O)NC(=O)[C@H](CC(=O)NC(c2ccccc2)(c2ccccc2)c2ccccc2)NC(=O)[C@H]([C@H](C)OC(C)(C)C)NC1=O. The zero-order valence-corrected chi connectivity index (χ0v) is 67.4. The van der Waals surface area contributed by atoms with E-state index in [0.717, 1.165) is 24.1 Å². The van der Waals surface area contributed by atoms with Crippen molar-refractivity contribution in [3.63, 3.8) is 0 Å². The molecule has 4 aromatic carbocycles. The number of nitrogens with zero attached hydrogens (tertiary/aromatic N) is 1. The number of ether oxygens (including phenoxy) is 3. The summed E-state index contributed by atoms with van der Waals surface area (Å²) in [4.78, 5) is 167. The summed E-state index contributed by atoms with van der Waals surface area (Å²) in [7, 11) is 0. The molecule has 0 bridgehead atoms. The quantitative estimate of drug-likeness (QED) is 0.0192. The number of amides is 11. The number of benzene rings is 4. The third-order valence-corrected chi connectivity index (χ3v) is 21.4. The number of nitrogens with one attached hydrogen (secondary N) is 9. The van der Waals surface area contributed by atoms with Crippen LogP contribution in [0.2, 0.25) is 0 Å². The first kappa shape index (κ1) is 86.9. The van der Waals surface area contributed by atoms with Gasteiger partial charge >= 0.3 is 6.09 Å². The standard InChI is InChI=1S/C85H117N11O14S/c1-13-54(2)70-77(104)94-71(55(3)108-81(4,5)6)78(105)92-66(52-68(97)95-85(57-30-18-14-19-31-57,58-32-20-15-21-33-58)59-34-22-16-23-35-59)74(101)90-63(37-26-46-84(44-24-17-25-45-84)53-69(98)88-65(75(102)93-70)51-61-36-29-49-111-61)79(106)96-48-28-39-67(96)76(103)89-62(38-27-47-87-80(107)110-83(10,11)12)73(100)91-64(72(86)99)50-56-40-42-60(43-41-56)109-82(7,8)9/h14-16,18-23,29-36,40-43,49,54-55,62-67,70-71H,13,17,24-28,37-39,44-48,50-53H2,1-12H3,(H2,86,99)(H,87,107)(H,88,98)(H,89,103)(H,90,101)(H,91,100)(H,92,105)(H,93,102)(H,94,104)(H,95,97)/t54-,55+,62+,63+,64+,65-,66+,67+,70+,71+/m1/s1. The second-order valence-electron chi connectivity index (χ2n) is 32.9. The molecule has 11 amide bonds. The van der Waals surface area contributed by atoms with Gasteiger partial charge in [0.2, 0.25) is 59.1 Å². The van der Waals surface area contributed by atoms with Crippen molar-refractivity contribution in [1.29, 1.82) is 0 Å². The van der Waals surface area contributed by atoms with Gasteiger partial charge in [-0.25, -0.2) is 4.79 Å². The first-order valence-corrected chi connectivity index (χ1v) is 40.1. The molecule has 10 atom stereocenters. The van der Waals surface area contributed by atoms with Crippen molar-refractivity contribution < 1.29 is 67.0 Å². The molecule has 0 unspecified atom stereocenters. The highest BCUT2D eigenvalue weighted by Crippen LogP contribution is 2.44. The molecule has 111 heavy (non-hydrogen) atoms. The van der Waals surface area contributed by atoms with Gasteiger partial charge in [-0.1, -0.05) is 155 Å². The maximum absolute atomic E-state index is 16.0. The Bertz CT molecular complexity index is 3850. The molecule has 3 fully saturated rings. The van der Waals surface area contributed by atoms with Gasteiger partial charge in [-0.3, -0.25) is 47.9 Å². The van der Waals surface area contributed by atoms with Crippen LogP contribution in [0, 0.1) is 11.3 Å². The lowest BCUT2D eigenvalue weighted by Crippen LogP contribution is -2.63. The van der Waals surface area contributed by atoms with Gasteiger partial charge in [0.1, 0.15) is 70.8 Å². The Morgan fingerprint density at radius 3 is 1.77 bits per heavy atom. The van der Waals surface area contributed by atoms with Crippen molar-refractivity contribution in [1.82, 2.24) is 52.8 Å². The van der Waals surface area contributed by atoms with E-state index in [2.05, 4.69) is 47.9 Å². The van der Waals surface area contributed by atoms with Crippen LogP contribution >= 0.6 is 11.3 Å². The minimum atomic E-state index is -1.82. The maximum Gasteiger partial charge on any atom is 0.407 e. The fourth-order valence-corrected chi connectivity index (χ4v) is 15.8. The van der Waals surface area contributed by atoms with Crippen molar-refractivity contribution in [3.8, 4) is 5.75 Å². The van der Waals surface area contributed by atoms with Crippen molar-refractivity contribution in [3.05, 3.63) is 160 Å². The summed E-state index contributed by atoms with van der Waals surface area (Å²) in [5, 5.41) is 28.2. The number of carbonyl (C=O) groups excluding carboxylic acids is 11. The van der Waals surface area contributed by atoms with E-state index in [1.165, 1.54) is 16.2 Å². The number of carbonyl (C=O) groups is 11. The third-order valence-electron chi connectivity index (χ3n) is 20.5. The lowest BCUT2D eigenvalue weighted by molar-refractivity contribution is -0.144. The van der Waals surface area contributed by atoms with Gasteiger partial charge < -0.3 is 72.7 Å². The van der Waals surface area contributed by atoms with E-state index in [0.29, 0.717) is 60.1 Å². The van der Waals surface area contributed by atoms with E-state index < -0.39 is 160 Å². The molecule has 1 aromatic heterocycles. The van der Waals surface area contributed by atoms with Crippen LogP contribution in [0.3, 0.4) is 0 Å². The Morgan fingerprint density at radius 2 is 1.21 bits per heavy atom. The van der Waals surface area contributed by atoms with E-state index >= 15 is 28.8 Å². The summed E-state index contributed by atoms with van der Waals surface area (Å²) >= 11 is 1.41. The molecule has 26 heteroatoms. The molecule has 3 heterocycles. The van der Waals surface area contributed by atoms with Crippen molar-refractivity contribution in [2.45, 2.75) is 269 Å². The Balaban J connectivity index is 1.20. The van der Waals surface area contributed by atoms with Crippen LogP contribution < -0.4 is 58.3 Å². The predicted octanol–water partition coefficient (Wildman–Crippen LogP) is 9.16. The second-order valence-corrected chi connectivity index (χ2v) is 33.9. The first-order chi connectivity index (χ1) is 52.5. The summed E-state index contributed by atoms with van der Waals surface area (Å²) in [6.07, 6.45) is 2.63. The van der Waals surface area contributed by atoms with Crippen molar-refractivity contribution >= 4 is 76.5 Å².